The Morgan fingerprint density at radius 2 is 1.69 bits per heavy atom. The van der Waals surface area contributed by atoms with Crippen LogP contribution in [0.3, 0.4) is 0 Å². The number of anilines is 1. The molecule has 1 aromatic carbocycles. The van der Waals surface area contributed by atoms with E-state index in [2.05, 4.69) is 10.6 Å². The van der Waals surface area contributed by atoms with Gasteiger partial charge < -0.3 is 10.6 Å². The summed E-state index contributed by atoms with van der Waals surface area (Å²) in [5, 5.41) is 5.93. The van der Waals surface area contributed by atoms with Gasteiger partial charge in [-0.15, -0.1) is 0 Å². The molecule has 0 aliphatic heterocycles. The number of rotatable bonds is 4. The van der Waals surface area contributed by atoms with Crippen LogP contribution in [0, 0.1) is 0 Å². The molecule has 0 spiro atoms. The summed E-state index contributed by atoms with van der Waals surface area (Å²) in [5.41, 5.74) is 1.74. The lowest BCUT2D eigenvalue weighted by Crippen LogP contribution is -2.22. The molecule has 0 saturated heterocycles. The van der Waals surface area contributed by atoms with Crippen molar-refractivity contribution in [2.45, 2.75) is 27.7 Å². The van der Waals surface area contributed by atoms with Crippen LogP contribution >= 0.6 is 0 Å². The maximum Gasteiger partial charge on any atom is 0.251 e. The van der Waals surface area contributed by atoms with Gasteiger partial charge in [0, 0.05) is 27.2 Å². The smallest absolute Gasteiger partial charge is 0.251 e. The predicted octanol–water partition coefficient (Wildman–Crippen LogP) is 3.39. The summed E-state index contributed by atoms with van der Waals surface area (Å²) in [6, 6.07) is 7.47. The Morgan fingerprint density at radius 3 is 2.12 bits per heavy atom. The van der Waals surface area contributed by atoms with Crippen LogP contribution < -0.4 is 10.6 Å². The average molecular weight is 226 g/mol. The van der Waals surface area contributed by atoms with Crippen LogP contribution in [0.4, 0.5) is 5.69 Å². The van der Waals surface area contributed by atoms with Crippen molar-refractivity contribution in [3.05, 3.63) is 29.8 Å². The lowest BCUT2D eigenvalue weighted by molar-refractivity contribution is 0.0956. The van der Waals surface area contributed by atoms with Gasteiger partial charge in [-0.25, -0.2) is 0 Å². The molecule has 0 aliphatic rings. The van der Waals surface area contributed by atoms with Gasteiger partial charge in [0.2, 0.25) is 0 Å². The van der Waals surface area contributed by atoms with Gasteiger partial charge in [-0.05, 0) is 38.1 Å². The molecule has 3 nitrogen and oxygen atoms in total. The second kappa shape index (κ2) is 8.77. The van der Waals surface area contributed by atoms with Crippen LogP contribution in [-0.2, 0) is 0 Å². The van der Waals surface area contributed by atoms with Crippen molar-refractivity contribution in [1.82, 2.24) is 5.32 Å². The quantitative estimate of drug-likeness (QED) is 0.826. The molecule has 1 amide bonds. The minimum Gasteiger partial charge on any atom is -0.385 e. The highest BCUT2D eigenvalue weighted by Gasteiger charge is 2.02. The molecule has 94 valence electrons. The molecule has 0 aromatic heterocycles. The third-order valence-corrected chi connectivity index (χ3v) is 1.87. The fourth-order valence-corrected chi connectivity index (χ4v) is 1.21. The minimum atomic E-state index is -0.0180. The predicted molar refractivity (Wildman–Crippen MR) is 74.2 cm³/mol. The molecule has 0 saturated carbocycles. The average Bonchev–Trinajstić information content (AvgIpc) is 2.33. The normalized spacial score (nSPS) is 8.75. The second-order valence-electron chi connectivity index (χ2n) is 2.97. The molecule has 3 heteroatoms. The van der Waals surface area contributed by atoms with E-state index in [0.717, 1.165) is 12.2 Å². The van der Waals surface area contributed by atoms with Crippen molar-refractivity contribution in [2.75, 3.05) is 18.4 Å². The molecule has 0 fully saturated rings. The van der Waals surface area contributed by atoms with Gasteiger partial charge in [0.05, 0.1) is 0 Å². The standard InChI is InChI=1S/C11H16N2O.C2H6.2H2/c1-3-12-10-7-5-9(6-8-10)11(14)13-4-2;1-2;;/h5-8,12H,3-4H2,1-2H3,(H,13,14);1-2H3;2*1H. The van der Waals surface area contributed by atoms with E-state index < -0.39 is 0 Å². The van der Waals surface area contributed by atoms with E-state index in [9.17, 15) is 4.79 Å². The molecule has 0 bridgehead atoms. The monoisotopic (exact) mass is 226 g/mol. The number of carbonyl (C=O) groups is 1. The maximum absolute atomic E-state index is 11.4. The zero-order valence-electron chi connectivity index (χ0n) is 10.6. The van der Waals surface area contributed by atoms with Crippen LogP contribution in [0.15, 0.2) is 24.3 Å². The molecule has 0 heterocycles. The summed E-state index contributed by atoms with van der Waals surface area (Å²) in [6.45, 7) is 9.50. The topological polar surface area (TPSA) is 41.1 Å². The van der Waals surface area contributed by atoms with Crippen LogP contribution in [0.2, 0.25) is 0 Å². The van der Waals surface area contributed by atoms with Crippen LogP contribution in [0.25, 0.3) is 0 Å². The number of nitrogens with one attached hydrogen (secondary N) is 2. The number of benzene rings is 1. The first kappa shape index (κ1) is 14.5. The van der Waals surface area contributed by atoms with Crippen molar-refractivity contribution in [1.29, 1.82) is 0 Å². The van der Waals surface area contributed by atoms with Crippen LogP contribution in [0.5, 0.6) is 0 Å². The Balaban J connectivity index is -0.000000534. The first-order valence-corrected chi connectivity index (χ1v) is 5.90. The summed E-state index contributed by atoms with van der Waals surface area (Å²) in [4.78, 5) is 11.4. The molecular formula is C13H26N2O. The molecule has 0 unspecified atom stereocenters. The van der Waals surface area contributed by atoms with E-state index in [-0.39, 0.29) is 8.76 Å². The van der Waals surface area contributed by atoms with Crippen molar-refractivity contribution in [3.63, 3.8) is 0 Å². The van der Waals surface area contributed by atoms with Crippen molar-refractivity contribution in [2.24, 2.45) is 0 Å². The van der Waals surface area contributed by atoms with Gasteiger partial charge in [-0.1, -0.05) is 13.8 Å². The number of carbonyl (C=O) groups excluding carboxylic acids is 1. The number of hydrogen-bond donors (Lipinski definition) is 2. The second-order valence-corrected chi connectivity index (χ2v) is 2.97. The van der Waals surface area contributed by atoms with E-state index >= 15 is 0 Å². The van der Waals surface area contributed by atoms with Gasteiger partial charge in [-0.3, -0.25) is 4.79 Å². The summed E-state index contributed by atoms with van der Waals surface area (Å²) in [6.07, 6.45) is 0. The van der Waals surface area contributed by atoms with E-state index in [1.54, 1.807) is 0 Å². The first-order chi connectivity index (χ1) is 7.77. The highest BCUT2D eigenvalue weighted by Crippen LogP contribution is 2.08. The van der Waals surface area contributed by atoms with E-state index in [4.69, 9.17) is 0 Å². The van der Waals surface area contributed by atoms with Gasteiger partial charge in [-0.2, -0.15) is 0 Å². The summed E-state index contributed by atoms with van der Waals surface area (Å²) in [7, 11) is 0. The third-order valence-electron chi connectivity index (χ3n) is 1.87. The summed E-state index contributed by atoms with van der Waals surface area (Å²) >= 11 is 0. The molecule has 0 atom stereocenters. The molecule has 0 aliphatic carbocycles. The Hall–Kier alpha value is -1.51. The Kier molecular flexibility index (Phi) is 7.94. The molecule has 2 N–H and O–H groups in total. The van der Waals surface area contributed by atoms with Gasteiger partial charge in [0.1, 0.15) is 0 Å². The fourth-order valence-electron chi connectivity index (χ4n) is 1.21. The number of hydrogen-bond acceptors (Lipinski definition) is 2. The zero-order valence-corrected chi connectivity index (χ0v) is 10.6. The highest BCUT2D eigenvalue weighted by atomic mass is 16.1. The van der Waals surface area contributed by atoms with Crippen molar-refractivity contribution < 1.29 is 7.65 Å². The van der Waals surface area contributed by atoms with Crippen LogP contribution in [0.1, 0.15) is 40.9 Å². The molecule has 1 aromatic rings. The van der Waals surface area contributed by atoms with Crippen LogP contribution in [-0.4, -0.2) is 19.0 Å². The third kappa shape index (κ3) is 4.82. The highest BCUT2D eigenvalue weighted by molar-refractivity contribution is 5.94. The van der Waals surface area contributed by atoms with Gasteiger partial charge in [0.15, 0.2) is 0 Å². The Labute approximate surface area is 101 Å². The van der Waals surface area contributed by atoms with E-state index in [1.165, 1.54) is 0 Å². The molecule has 16 heavy (non-hydrogen) atoms. The van der Waals surface area contributed by atoms with Crippen molar-refractivity contribution >= 4 is 11.6 Å². The largest absolute Gasteiger partial charge is 0.385 e. The van der Waals surface area contributed by atoms with Gasteiger partial charge >= 0.3 is 0 Å². The summed E-state index contributed by atoms with van der Waals surface area (Å²) < 4.78 is 0. The Morgan fingerprint density at radius 1 is 1.12 bits per heavy atom. The molecule has 1 rings (SSSR count). The number of amides is 1. The zero-order chi connectivity index (χ0) is 12.4. The fraction of sp³-hybridized carbons (Fsp3) is 0.462. The minimum absolute atomic E-state index is 0. The molecule has 0 radical (unpaired) electrons. The van der Waals surface area contributed by atoms with Crippen molar-refractivity contribution in [3.8, 4) is 0 Å². The Bertz CT molecular complexity index is 302. The lowest BCUT2D eigenvalue weighted by Gasteiger charge is -2.05. The summed E-state index contributed by atoms with van der Waals surface area (Å²) in [5.74, 6) is -0.0180. The van der Waals surface area contributed by atoms with E-state index in [0.29, 0.717) is 12.1 Å². The maximum atomic E-state index is 11.4. The van der Waals surface area contributed by atoms with Gasteiger partial charge in [0.25, 0.3) is 5.91 Å². The first-order valence-electron chi connectivity index (χ1n) is 5.90. The molecular weight excluding hydrogens is 200 g/mol. The SMILES string of the molecule is CC.CCNC(=O)c1ccc(NCC)cc1.[HH].[HH]. The lowest BCUT2D eigenvalue weighted by atomic mass is 10.2. The van der Waals surface area contributed by atoms with E-state index in [1.807, 2.05) is 52.0 Å².